The van der Waals surface area contributed by atoms with Crippen LogP contribution in [0.3, 0.4) is 0 Å². The number of anilines is 1. The van der Waals surface area contributed by atoms with Gasteiger partial charge in [0, 0.05) is 10.6 Å². The second-order valence-corrected chi connectivity index (χ2v) is 3.95. The van der Waals surface area contributed by atoms with Crippen LogP contribution < -0.4 is 10.5 Å². The smallest absolute Gasteiger partial charge is 0.323 e. The number of esters is 1. The third kappa shape index (κ3) is 6.19. The van der Waals surface area contributed by atoms with Gasteiger partial charge in [-0.2, -0.15) is 0 Å². The van der Waals surface area contributed by atoms with Crippen LogP contribution in [0, 0.1) is 0 Å². The molecule has 0 aliphatic rings. The van der Waals surface area contributed by atoms with Crippen molar-refractivity contribution in [1.29, 1.82) is 0 Å². The van der Waals surface area contributed by atoms with Gasteiger partial charge in [-0.25, -0.2) is 4.72 Å². The molecule has 4 nitrogen and oxygen atoms in total. The molecule has 1 aromatic carbocycles. The highest BCUT2D eigenvalue weighted by Gasteiger charge is 2.11. The molecule has 0 fully saturated rings. The number of rotatable bonds is 4. The van der Waals surface area contributed by atoms with E-state index in [-0.39, 0.29) is 12.0 Å². The van der Waals surface area contributed by atoms with Gasteiger partial charge in [0.25, 0.3) is 0 Å². The zero-order chi connectivity index (χ0) is 13.3. The summed E-state index contributed by atoms with van der Waals surface area (Å²) < 4.78 is 7.56. The number of ether oxygens (including phenoxy) is 1. The first-order chi connectivity index (χ1) is 8.13. The molecule has 1 aromatic rings. The molecule has 0 saturated carbocycles. The number of nitrogen functional groups attached to an aromatic ring is 1. The van der Waals surface area contributed by atoms with E-state index in [0.717, 1.165) is 10.6 Å². The molecule has 0 heterocycles. The van der Waals surface area contributed by atoms with E-state index in [9.17, 15) is 4.79 Å². The van der Waals surface area contributed by atoms with Gasteiger partial charge in [0.1, 0.15) is 6.04 Å². The summed E-state index contributed by atoms with van der Waals surface area (Å²) in [5, 5.41) is 0. The summed E-state index contributed by atoms with van der Waals surface area (Å²) in [5.74, 6) is -0.280. The highest BCUT2D eigenvalue weighted by molar-refractivity contribution is 7.97. The zero-order valence-corrected chi connectivity index (χ0v) is 11.5. The molecule has 0 radical (unpaired) electrons. The Hall–Kier alpha value is -1.20. The van der Waals surface area contributed by atoms with Gasteiger partial charge >= 0.3 is 5.97 Å². The zero-order valence-electron chi connectivity index (χ0n) is 10.7. The van der Waals surface area contributed by atoms with Crippen molar-refractivity contribution in [1.82, 2.24) is 4.72 Å². The lowest BCUT2D eigenvalue weighted by atomic mass is 10.3. The Kier molecular flexibility index (Phi) is 8.27. The third-order valence-electron chi connectivity index (χ3n) is 1.79. The van der Waals surface area contributed by atoms with Crippen LogP contribution in [-0.2, 0) is 9.53 Å². The van der Waals surface area contributed by atoms with E-state index in [2.05, 4.69) is 9.46 Å². The van der Waals surface area contributed by atoms with E-state index in [1.54, 1.807) is 6.92 Å². The number of methoxy groups -OCH3 is 1. The molecule has 0 bridgehead atoms. The van der Waals surface area contributed by atoms with Gasteiger partial charge in [0.15, 0.2) is 0 Å². The van der Waals surface area contributed by atoms with Gasteiger partial charge in [0.05, 0.1) is 7.11 Å². The summed E-state index contributed by atoms with van der Waals surface area (Å²) in [6.45, 7) is 5.75. The molecular weight excluding hydrogens is 236 g/mol. The highest BCUT2D eigenvalue weighted by atomic mass is 32.2. The minimum Gasteiger partial charge on any atom is -0.468 e. The average Bonchev–Trinajstić information content (AvgIpc) is 2.39. The molecule has 0 aliphatic heterocycles. The van der Waals surface area contributed by atoms with Crippen LogP contribution in [0.15, 0.2) is 29.2 Å². The first kappa shape index (κ1) is 15.8. The van der Waals surface area contributed by atoms with E-state index in [1.165, 1.54) is 19.1 Å². The summed E-state index contributed by atoms with van der Waals surface area (Å²) in [5.41, 5.74) is 6.27. The molecule has 17 heavy (non-hydrogen) atoms. The molecule has 0 amide bonds. The predicted molar refractivity (Wildman–Crippen MR) is 72.7 cm³/mol. The second kappa shape index (κ2) is 8.90. The van der Waals surface area contributed by atoms with Crippen LogP contribution in [0.5, 0.6) is 0 Å². The molecule has 1 atom stereocenters. The Bertz CT molecular complexity index is 328. The Balaban J connectivity index is 0.00000121. The van der Waals surface area contributed by atoms with Crippen LogP contribution >= 0.6 is 11.9 Å². The highest BCUT2D eigenvalue weighted by Crippen LogP contribution is 2.16. The Morgan fingerprint density at radius 2 is 1.88 bits per heavy atom. The standard InChI is InChI=1S/C10H14N2O2S.C2H6/c1-7(10(13)14-2)12-15-9-5-3-8(11)4-6-9;1-2/h3-7,12H,11H2,1-2H3;1-2H3. The topological polar surface area (TPSA) is 64.3 Å². The van der Waals surface area contributed by atoms with Crippen molar-refractivity contribution in [3.8, 4) is 0 Å². The fourth-order valence-corrected chi connectivity index (χ4v) is 1.60. The van der Waals surface area contributed by atoms with Crippen LogP contribution in [0.25, 0.3) is 0 Å². The van der Waals surface area contributed by atoms with Gasteiger partial charge in [0.2, 0.25) is 0 Å². The second-order valence-electron chi connectivity index (χ2n) is 3.03. The molecule has 3 N–H and O–H groups in total. The maximum absolute atomic E-state index is 11.1. The van der Waals surface area contributed by atoms with Gasteiger partial charge in [-0.3, -0.25) is 4.79 Å². The third-order valence-corrected chi connectivity index (χ3v) is 2.77. The van der Waals surface area contributed by atoms with Crippen LogP contribution in [0.2, 0.25) is 0 Å². The molecule has 1 unspecified atom stereocenters. The lowest BCUT2D eigenvalue weighted by Crippen LogP contribution is -2.29. The van der Waals surface area contributed by atoms with E-state index >= 15 is 0 Å². The van der Waals surface area contributed by atoms with E-state index < -0.39 is 0 Å². The molecule has 0 aliphatic carbocycles. The number of carbonyl (C=O) groups excluding carboxylic acids is 1. The van der Waals surface area contributed by atoms with Crippen molar-refractivity contribution in [2.75, 3.05) is 12.8 Å². The van der Waals surface area contributed by atoms with Crippen molar-refractivity contribution in [3.05, 3.63) is 24.3 Å². The first-order valence-corrected chi connectivity index (χ1v) is 6.31. The number of nitrogens with one attached hydrogen (secondary N) is 1. The van der Waals surface area contributed by atoms with Crippen molar-refractivity contribution < 1.29 is 9.53 Å². The molecular formula is C12H20N2O2S. The van der Waals surface area contributed by atoms with Crippen molar-refractivity contribution in [2.45, 2.75) is 31.7 Å². The van der Waals surface area contributed by atoms with Gasteiger partial charge in [-0.05, 0) is 43.1 Å². The Labute approximate surface area is 107 Å². The first-order valence-electron chi connectivity index (χ1n) is 5.49. The number of benzene rings is 1. The lowest BCUT2D eigenvalue weighted by molar-refractivity contribution is -0.142. The fourth-order valence-electron chi connectivity index (χ4n) is 0.917. The number of nitrogens with two attached hydrogens (primary N) is 1. The molecule has 1 rings (SSSR count). The largest absolute Gasteiger partial charge is 0.468 e. The van der Waals surface area contributed by atoms with E-state index in [4.69, 9.17) is 5.73 Å². The van der Waals surface area contributed by atoms with Crippen LogP contribution in [0.4, 0.5) is 5.69 Å². The minimum atomic E-state index is -0.336. The molecule has 0 spiro atoms. The van der Waals surface area contributed by atoms with Crippen molar-refractivity contribution in [2.24, 2.45) is 0 Å². The Morgan fingerprint density at radius 1 is 1.35 bits per heavy atom. The van der Waals surface area contributed by atoms with Crippen LogP contribution in [0.1, 0.15) is 20.8 Å². The summed E-state index contributed by atoms with van der Waals surface area (Å²) in [7, 11) is 1.37. The monoisotopic (exact) mass is 256 g/mol. The summed E-state index contributed by atoms with van der Waals surface area (Å²) in [6, 6.07) is 7.06. The number of carbonyl (C=O) groups is 1. The maximum atomic E-state index is 11.1. The SMILES string of the molecule is CC.COC(=O)C(C)NSc1ccc(N)cc1. The number of hydrogen-bond acceptors (Lipinski definition) is 5. The molecule has 0 aromatic heterocycles. The molecule has 0 saturated heterocycles. The minimum absolute atomic E-state index is 0.280. The number of hydrogen-bond donors (Lipinski definition) is 2. The summed E-state index contributed by atoms with van der Waals surface area (Å²) in [4.78, 5) is 12.1. The van der Waals surface area contributed by atoms with E-state index in [1.807, 2.05) is 38.1 Å². The lowest BCUT2D eigenvalue weighted by Gasteiger charge is -2.10. The molecule has 5 heteroatoms. The maximum Gasteiger partial charge on any atom is 0.323 e. The molecule has 96 valence electrons. The average molecular weight is 256 g/mol. The normalized spacial score (nSPS) is 11.1. The van der Waals surface area contributed by atoms with E-state index in [0.29, 0.717) is 0 Å². The van der Waals surface area contributed by atoms with Crippen LogP contribution in [-0.4, -0.2) is 19.1 Å². The van der Waals surface area contributed by atoms with Crippen molar-refractivity contribution in [3.63, 3.8) is 0 Å². The fraction of sp³-hybridized carbons (Fsp3) is 0.417. The van der Waals surface area contributed by atoms with Crippen molar-refractivity contribution >= 4 is 23.6 Å². The quantitative estimate of drug-likeness (QED) is 0.492. The summed E-state index contributed by atoms with van der Waals surface area (Å²) in [6.07, 6.45) is 0. The predicted octanol–water partition coefficient (Wildman–Crippen LogP) is 2.45. The van der Waals surface area contributed by atoms with Gasteiger partial charge in [-0.1, -0.05) is 13.8 Å². The summed E-state index contributed by atoms with van der Waals surface area (Å²) >= 11 is 1.37. The Morgan fingerprint density at radius 3 is 2.35 bits per heavy atom. The van der Waals surface area contributed by atoms with Gasteiger partial charge < -0.3 is 10.5 Å². The van der Waals surface area contributed by atoms with Gasteiger partial charge in [-0.15, -0.1) is 0 Å².